The number of hydrogen-bond acceptors (Lipinski definition) is 3. The van der Waals surface area contributed by atoms with E-state index in [9.17, 15) is 0 Å². The van der Waals surface area contributed by atoms with Gasteiger partial charge in [-0.2, -0.15) is 10.2 Å². The summed E-state index contributed by atoms with van der Waals surface area (Å²) >= 11 is 0. The molecule has 0 unspecified atom stereocenters. The molecule has 0 aromatic carbocycles. The summed E-state index contributed by atoms with van der Waals surface area (Å²) in [5.41, 5.74) is 1.06. The SMILES string of the molecule is CCn1cc(OCc2cnn(C)c2)cn1. The highest BCUT2D eigenvalue weighted by Gasteiger charge is 2.00. The molecule has 0 aliphatic carbocycles. The fourth-order valence-corrected chi connectivity index (χ4v) is 1.31. The van der Waals surface area contributed by atoms with Crippen molar-refractivity contribution in [2.75, 3.05) is 0 Å². The average molecular weight is 206 g/mol. The third-order valence-corrected chi connectivity index (χ3v) is 2.10. The third-order valence-electron chi connectivity index (χ3n) is 2.10. The smallest absolute Gasteiger partial charge is 0.157 e. The van der Waals surface area contributed by atoms with Crippen LogP contribution in [-0.2, 0) is 20.2 Å². The van der Waals surface area contributed by atoms with Crippen molar-refractivity contribution in [2.24, 2.45) is 7.05 Å². The van der Waals surface area contributed by atoms with E-state index in [1.165, 1.54) is 0 Å². The van der Waals surface area contributed by atoms with Crippen molar-refractivity contribution in [1.29, 1.82) is 0 Å². The number of aryl methyl sites for hydroxylation is 2. The Kier molecular flexibility index (Phi) is 2.71. The number of aromatic nitrogens is 4. The van der Waals surface area contributed by atoms with Crippen LogP contribution in [0.4, 0.5) is 0 Å². The van der Waals surface area contributed by atoms with E-state index in [0.29, 0.717) is 6.61 Å². The van der Waals surface area contributed by atoms with Gasteiger partial charge in [0.25, 0.3) is 0 Å². The van der Waals surface area contributed by atoms with Gasteiger partial charge in [-0.1, -0.05) is 0 Å². The molecule has 0 aliphatic heterocycles. The zero-order valence-electron chi connectivity index (χ0n) is 8.92. The van der Waals surface area contributed by atoms with Crippen molar-refractivity contribution in [3.8, 4) is 5.75 Å². The number of ether oxygens (including phenoxy) is 1. The van der Waals surface area contributed by atoms with Crippen molar-refractivity contribution in [3.05, 3.63) is 30.4 Å². The predicted molar refractivity (Wildman–Crippen MR) is 55.4 cm³/mol. The summed E-state index contributed by atoms with van der Waals surface area (Å²) in [5.74, 6) is 0.792. The highest BCUT2D eigenvalue weighted by Crippen LogP contribution is 2.10. The maximum absolute atomic E-state index is 5.55. The van der Waals surface area contributed by atoms with Crippen LogP contribution in [0.2, 0.25) is 0 Å². The lowest BCUT2D eigenvalue weighted by Gasteiger charge is -1.99. The molecule has 0 amide bonds. The second-order valence-corrected chi connectivity index (χ2v) is 3.34. The Bertz CT molecular complexity index is 432. The van der Waals surface area contributed by atoms with Crippen LogP contribution in [0.3, 0.4) is 0 Å². The Morgan fingerprint density at radius 1 is 1.27 bits per heavy atom. The van der Waals surface area contributed by atoms with E-state index in [2.05, 4.69) is 10.2 Å². The highest BCUT2D eigenvalue weighted by atomic mass is 16.5. The summed E-state index contributed by atoms with van der Waals surface area (Å²) in [7, 11) is 1.89. The molecule has 0 fully saturated rings. The van der Waals surface area contributed by atoms with Gasteiger partial charge in [0.05, 0.1) is 18.6 Å². The summed E-state index contributed by atoms with van der Waals surface area (Å²) in [6, 6.07) is 0. The average Bonchev–Trinajstić information content (AvgIpc) is 2.83. The Balaban J connectivity index is 1.93. The van der Waals surface area contributed by atoms with E-state index in [1.807, 2.05) is 31.0 Å². The molecular formula is C10H14N4O. The zero-order chi connectivity index (χ0) is 10.7. The lowest BCUT2D eigenvalue weighted by molar-refractivity contribution is 0.305. The molecule has 2 aromatic rings. The van der Waals surface area contributed by atoms with Crippen LogP contribution in [0.5, 0.6) is 5.75 Å². The minimum absolute atomic E-state index is 0.531. The molecular weight excluding hydrogens is 192 g/mol. The van der Waals surface area contributed by atoms with Crippen LogP contribution >= 0.6 is 0 Å². The topological polar surface area (TPSA) is 44.9 Å². The molecule has 0 aliphatic rings. The maximum atomic E-state index is 5.55. The molecule has 0 atom stereocenters. The van der Waals surface area contributed by atoms with Crippen LogP contribution < -0.4 is 4.74 Å². The molecule has 2 heterocycles. The zero-order valence-corrected chi connectivity index (χ0v) is 8.92. The fraction of sp³-hybridized carbons (Fsp3) is 0.400. The van der Waals surface area contributed by atoms with E-state index < -0.39 is 0 Å². The minimum Gasteiger partial charge on any atom is -0.485 e. The van der Waals surface area contributed by atoms with Crippen molar-refractivity contribution in [1.82, 2.24) is 19.6 Å². The third kappa shape index (κ3) is 2.37. The van der Waals surface area contributed by atoms with Crippen LogP contribution in [0.1, 0.15) is 12.5 Å². The van der Waals surface area contributed by atoms with E-state index in [4.69, 9.17) is 4.74 Å². The van der Waals surface area contributed by atoms with Gasteiger partial charge in [0.1, 0.15) is 6.61 Å². The van der Waals surface area contributed by atoms with E-state index in [0.717, 1.165) is 17.9 Å². The minimum atomic E-state index is 0.531. The van der Waals surface area contributed by atoms with Crippen LogP contribution in [-0.4, -0.2) is 19.6 Å². The van der Waals surface area contributed by atoms with Gasteiger partial charge in [0.15, 0.2) is 5.75 Å². The quantitative estimate of drug-likeness (QED) is 0.755. The lowest BCUT2D eigenvalue weighted by atomic mass is 10.4. The van der Waals surface area contributed by atoms with Crippen LogP contribution in [0, 0.1) is 0 Å². The summed E-state index contributed by atoms with van der Waals surface area (Å²) in [6.07, 6.45) is 7.34. The van der Waals surface area contributed by atoms with Crippen molar-refractivity contribution < 1.29 is 4.74 Å². The van der Waals surface area contributed by atoms with Crippen molar-refractivity contribution >= 4 is 0 Å². The van der Waals surface area contributed by atoms with Crippen LogP contribution in [0.25, 0.3) is 0 Å². The highest BCUT2D eigenvalue weighted by molar-refractivity contribution is 5.13. The molecule has 2 rings (SSSR count). The maximum Gasteiger partial charge on any atom is 0.157 e. The fourth-order valence-electron chi connectivity index (χ4n) is 1.31. The van der Waals surface area contributed by atoms with Crippen molar-refractivity contribution in [2.45, 2.75) is 20.1 Å². The molecule has 0 N–H and O–H groups in total. The molecule has 15 heavy (non-hydrogen) atoms. The molecule has 0 radical (unpaired) electrons. The monoisotopic (exact) mass is 206 g/mol. The van der Waals surface area contributed by atoms with E-state index in [-0.39, 0.29) is 0 Å². The second kappa shape index (κ2) is 4.16. The number of rotatable bonds is 4. The largest absolute Gasteiger partial charge is 0.485 e. The first-order valence-corrected chi connectivity index (χ1v) is 4.90. The van der Waals surface area contributed by atoms with E-state index in [1.54, 1.807) is 17.1 Å². The predicted octanol–water partition coefficient (Wildman–Crippen LogP) is 1.22. The van der Waals surface area contributed by atoms with Gasteiger partial charge in [0, 0.05) is 25.4 Å². The Labute approximate surface area is 88.3 Å². The summed E-state index contributed by atoms with van der Waals surface area (Å²) < 4.78 is 9.14. The van der Waals surface area contributed by atoms with Gasteiger partial charge >= 0.3 is 0 Å². The van der Waals surface area contributed by atoms with Gasteiger partial charge in [-0.25, -0.2) is 0 Å². The van der Waals surface area contributed by atoms with Gasteiger partial charge in [-0.15, -0.1) is 0 Å². The van der Waals surface area contributed by atoms with Gasteiger partial charge < -0.3 is 4.74 Å². The molecule has 0 saturated heterocycles. The van der Waals surface area contributed by atoms with Gasteiger partial charge in [-0.3, -0.25) is 9.36 Å². The molecule has 0 saturated carbocycles. The first kappa shape index (κ1) is 9.76. The van der Waals surface area contributed by atoms with Gasteiger partial charge in [-0.05, 0) is 6.92 Å². The molecule has 2 aromatic heterocycles. The Morgan fingerprint density at radius 3 is 2.73 bits per heavy atom. The molecule has 5 heteroatoms. The Morgan fingerprint density at radius 2 is 2.13 bits per heavy atom. The molecule has 5 nitrogen and oxygen atoms in total. The summed E-state index contributed by atoms with van der Waals surface area (Å²) in [4.78, 5) is 0. The Hall–Kier alpha value is -1.78. The standard InChI is InChI=1S/C10H14N4O/c1-3-14-7-10(5-12-14)15-8-9-4-11-13(2)6-9/h4-7H,3,8H2,1-2H3. The molecule has 0 bridgehead atoms. The first-order valence-electron chi connectivity index (χ1n) is 4.90. The first-order chi connectivity index (χ1) is 7.28. The van der Waals surface area contributed by atoms with Crippen LogP contribution in [0.15, 0.2) is 24.8 Å². The van der Waals surface area contributed by atoms with Gasteiger partial charge in [0.2, 0.25) is 0 Å². The normalized spacial score (nSPS) is 10.5. The summed E-state index contributed by atoms with van der Waals surface area (Å²) in [6.45, 7) is 3.43. The lowest BCUT2D eigenvalue weighted by Crippen LogP contribution is -1.94. The molecule has 0 spiro atoms. The number of nitrogens with zero attached hydrogens (tertiary/aromatic N) is 4. The number of hydrogen-bond donors (Lipinski definition) is 0. The molecule has 80 valence electrons. The van der Waals surface area contributed by atoms with E-state index >= 15 is 0 Å². The summed E-state index contributed by atoms with van der Waals surface area (Å²) in [5, 5.41) is 8.19. The van der Waals surface area contributed by atoms with Crippen molar-refractivity contribution in [3.63, 3.8) is 0 Å². The second-order valence-electron chi connectivity index (χ2n) is 3.34.